The lowest BCUT2D eigenvalue weighted by atomic mass is 9.78. The molecule has 1 atom stereocenters. The molecule has 2 amide bonds. The maximum absolute atomic E-state index is 11.4. The van der Waals surface area contributed by atoms with Gasteiger partial charge in [0.25, 0.3) is 0 Å². The van der Waals surface area contributed by atoms with E-state index in [9.17, 15) is 14.7 Å². The van der Waals surface area contributed by atoms with Crippen LogP contribution < -0.4 is 5.32 Å². The third-order valence-corrected chi connectivity index (χ3v) is 3.21. The first kappa shape index (κ1) is 11.8. The normalized spacial score (nSPS) is 26.1. The number of carbonyl (C=O) groups excluding carboxylic acids is 1. The second kappa shape index (κ2) is 4.51. The molecule has 1 unspecified atom stereocenters. The zero-order valence-corrected chi connectivity index (χ0v) is 9.25. The quantitative estimate of drug-likeness (QED) is 0.717. The third kappa shape index (κ3) is 2.22. The van der Waals surface area contributed by atoms with Gasteiger partial charge in [-0.2, -0.15) is 0 Å². The van der Waals surface area contributed by atoms with E-state index in [1.165, 1.54) is 0 Å². The lowest BCUT2D eigenvalue weighted by Gasteiger charge is -2.39. The summed E-state index contributed by atoms with van der Waals surface area (Å²) in [6.07, 6.45) is 1.98. The van der Waals surface area contributed by atoms with Gasteiger partial charge in [-0.05, 0) is 19.3 Å². The zero-order valence-electron chi connectivity index (χ0n) is 9.25. The molecule has 15 heavy (non-hydrogen) atoms. The highest BCUT2D eigenvalue weighted by Gasteiger charge is 2.41. The Hall–Kier alpha value is -1.26. The number of carbonyl (C=O) groups is 2. The number of piperidine rings is 1. The fourth-order valence-corrected chi connectivity index (χ4v) is 2.08. The summed E-state index contributed by atoms with van der Waals surface area (Å²) in [5.74, 6) is -0.793. The van der Waals surface area contributed by atoms with Crippen LogP contribution in [0, 0.1) is 5.41 Å². The molecular weight excluding hydrogens is 196 g/mol. The second-order valence-electron chi connectivity index (χ2n) is 4.02. The van der Waals surface area contributed by atoms with Crippen LogP contribution in [0.3, 0.4) is 0 Å². The number of amides is 2. The zero-order chi connectivity index (χ0) is 11.5. The summed E-state index contributed by atoms with van der Waals surface area (Å²) in [7, 11) is 1.56. The molecule has 1 saturated heterocycles. The number of nitrogens with one attached hydrogen (secondary N) is 1. The first-order valence-corrected chi connectivity index (χ1v) is 5.26. The predicted molar refractivity (Wildman–Crippen MR) is 55.6 cm³/mol. The maximum Gasteiger partial charge on any atom is 0.317 e. The van der Waals surface area contributed by atoms with Gasteiger partial charge in [-0.25, -0.2) is 4.79 Å². The van der Waals surface area contributed by atoms with Crippen molar-refractivity contribution in [2.45, 2.75) is 26.2 Å². The van der Waals surface area contributed by atoms with Crippen molar-refractivity contribution in [2.24, 2.45) is 5.41 Å². The summed E-state index contributed by atoms with van der Waals surface area (Å²) in [6, 6.07) is -0.186. The smallest absolute Gasteiger partial charge is 0.317 e. The Morgan fingerprint density at radius 1 is 1.53 bits per heavy atom. The molecular formula is C10H18N2O3. The Morgan fingerprint density at radius 3 is 2.67 bits per heavy atom. The molecule has 0 aromatic heterocycles. The Morgan fingerprint density at radius 2 is 2.20 bits per heavy atom. The summed E-state index contributed by atoms with van der Waals surface area (Å²) >= 11 is 0. The number of aliphatic carboxylic acids is 1. The van der Waals surface area contributed by atoms with Gasteiger partial charge in [-0.1, -0.05) is 6.92 Å². The number of likely N-dealkylation sites (tertiary alicyclic amines) is 1. The van der Waals surface area contributed by atoms with Crippen LogP contribution in [0.5, 0.6) is 0 Å². The minimum absolute atomic E-state index is 0.186. The number of carboxylic acid groups (broad SMARTS) is 1. The molecule has 1 rings (SSSR count). The molecule has 0 saturated carbocycles. The number of hydrogen-bond donors (Lipinski definition) is 2. The molecule has 0 aliphatic carbocycles. The minimum Gasteiger partial charge on any atom is -0.481 e. The number of rotatable bonds is 2. The molecule has 5 heteroatoms. The van der Waals surface area contributed by atoms with Crippen LogP contribution in [0.2, 0.25) is 0 Å². The minimum atomic E-state index is -0.793. The Balaban J connectivity index is 2.77. The average molecular weight is 214 g/mol. The van der Waals surface area contributed by atoms with E-state index in [-0.39, 0.29) is 6.03 Å². The summed E-state index contributed by atoms with van der Waals surface area (Å²) < 4.78 is 0. The summed E-state index contributed by atoms with van der Waals surface area (Å²) in [4.78, 5) is 24.2. The first-order chi connectivity index (χ1) is 7.05. The molecule has 0 aromatic carbocycles. The third-order valence-electron chi connectivity index (χ3n) is 3.21. The fraction of sp³-hybridized carbons (Fsp3) is 0.800. The van der Waals surface area contributed by atoms with Gasteiger partial charge in [0, 0.05) is 20.1 Å². The molecule has 0 aromatic rings. The van der Waals surface area contributed by atoms with Crippen LogP contribution in [0.25, 0.3) is 0 Å². The largest absolute Gasteiger partial charge is 0.481 e. The molecule has 1 fully saturated rings. The van der Waals surface area contributed by atoms with Crippen molar-refractivity contribution in [2.75, 3.05) is 20.1 Å². The van der Waals surface area contributed by atoms with Gasteiger partial charge in [0.1, 0.15) is 0 Å². The van der Waals surface area contributed by atoms with Gasteiger partial charge >= 0.3 is 12.0 Å². The Kier molecular flexibility index (Phi) is 3.55. The molecule has 2 N–H and O–H groups in total. The SMILES string of the molecule is CCC1(C(=O)O)CCCN(C(=O)NC)C1. The van der Waals surface area contributed by atoms with Gasteiger partial charge in [0.2, 0.25) is 0 Å². The molecule has 1 heterocycles. The van der Waals surface area contributed by atoms with E-state index < -0.39 is 11.4 Å². The monoisotopic (exact) mass is 214 g/mol. The Labute approximate surface area is 89.4 Å². The lowest BCUT2D eigenvalue weighted by Crippen LogP contribution is -2.51. The van der Waals surface area contributed by atoms with E-state index >= 15 is 0 Å². The van der Waals surface area contributed by atoms with Crippen LogP contribution >= 0.6 is 0 Å². The molecule has 0 spiro atoms. The van der Waals surface area contributed by atoms with Gasteiger partial charge in [-0.3, -0.25) is 4.79 Å². The summed E-state index contributed by atoms with van der Waals surface area (Å²) in [6.45, 7) is 2.83. The van der Waals surface area contributed by atoms with E-state index in [1.807, 2.05) is 6.92 Å². The van der Waals surface area contributed by atoms with Crippen LogP contribution in [-0.4, -0.2) is 42.1 Å². The molecule has 0 bridgehead atoms. The van der Waals surface area contributed by atoms with E-state index in [4.69, 9.17) is 0 Å². The van der Waals surface area contributed by atoms with Crippen molar-refractivity contribution in [3.63, 3.8) is 0 Å². The van der Waals surface area contributed by atoms with Crippen molar-refractivity contribution in [3.8, 4) is 0 Å². The number of carboxylic acids is 1. The van der Waals surface area contributed by atoms with E-state index in [0.29, 0.717) is 25.9 Å². The van der Waals surface area contributed by atoms with Gasteiger partial charge in [0.05, 0.1) is 5.41 Å². The topological polar surface area (TPSA) is 69.6 Å². The average Bonchev–Trinajstić information content (AvgIpc) is 2.27. The molecule has 5 nitrogen and oxygen atoms in total. The molecule has 1 aliphatic heterocycles. The molecule has 1 aliphatic rings. The number of hydrogen-bond acceptors (Lipinski definition) is 2. The highest BCUT2D eigenvalue weighted by Crippen LogP contribution is 2.33. The van der Waals surface area contributed by atoms with Crippen LogP contribution in [0.1, 0.15) is 26.2 Å². The van der Waals surface area contributed by atoms with Crippen molar-refractivity contribution >= 4 is 12.0 Å². The van der Waals surface area contributed by atoms with Gasteiger partial charge < -0.3 is 15.3 Å². The maximum atomic E-state index is 11.4. The van der Waals surface area contributed by atoms with Crippen molar-refractivity contribution in [3.05, 3.63) is 0 Å². The Bertz CT molecular complexity index is 267. The van der Waals surface area contributed by atoms with E-state index in [1.54, 1.807) is 11.9 Å². The fourth-order valence-electron chi connectivity index (χ4n) is 2.08. The lowest BCUT2D eigenvalue weighted by molar-refractivity contribution is -0.152. The van der Waals surface area contributed by atoms with Crippen molar-refractivity contribution in [1.82, 2.24) is 10.2 Å². The van der Waals surface area contributed by atoms with E-state index in [2.05, 4.69) is 5.32 Å². The predicted octanol–water partition coefficient (Wildman–Crippen LogP) is 0.903. The standard InChI is InChI=1S/C10H18N2O3/c1-3-10(8(13)14)5-4-6-12(7-10)9(15)11-2/h3-7H2,1-2H3,(H,11,15)(H,13,14). The number of urea groups is 1. The summed E-state index contributed by atoms with van der Waals surface area (Å²) in [5.41, 5.74) is -0.745. The van der Waals surface area contributed by atoms with Crippen molar-refractivity contribution < 1.29 is 14.7 Å². The van der Waals surface area contributed by atoms with Crippen LogP contribution in [0.15, 0.2) is 0 Å². The van der Waals surface area contributed by atoms with Crippen LogP contribution in [0.4, 0.5) is 4.79 Å². The highest BCUT2D eigenvalue weighted by molar-refractivity contribution is 5.78. The number of nitrogens with zero attached hydrogens (tertiary/aromatic N) is 1. The molecule has 0 radical (unpaired) electrons. The van der Waals surface area contributed by atoms with Gasteiger partial charge in [0.15, 0.2) is 0 Å². The van der Waals surface area contributed by atoms with Gasteiger partial charge in [-0.15, -0.1) is 0 Å². The van der Waals surface area contributed by atoms with E-state index in [0.717, 1.165) is 6.42 Å². The summed E-state index contributed by atoms with van der Waals surface area (Å²) in [5, 5.41) is 11.7. The molecule has 86 valence electrons. The van der Waals surface area contributed by atoms with Crippen LogP contribution in [-0.2, 0) is 4.79 Å². The second-order valence-corrected chi connectivity index (χ2v) is 4.02. The first-order valence-electron chi connectivity index (χ1n) is 5.26. The van der Waals surface area contributed by atoms with Crippen molar-refractivity contribution in [1.29, 1.82) is 0 Å². The highest BCUT2D eigenvalue weighted by atomic mass is 16.4.